The molecule has 1 atom stereocenters. The van der Waals surface area contributed by atoms with E-state index in [1.807, 2.05) is 43.3 Å². The van der Waals surface area contributed by atoms with Crippen LogP contribution in [0.4, 0.5) is 5.69 Å². The van der Waals surface area contributed by atoms with E-state index >= 15 is 0 Å². The Hall–Kier alpha value is -3.50. The molecular formula is C38H57N5O8. The van der Waals surface area contributed by atoms with Crippen LogP contribution in [0.2, 0.25) is 0 Å². The van der Waals surface area contributed by atoms with Gasteiger partial charge in [0.2, 0.25) is 0 Å². The van der Waals surface area contributed by atoms with Gasteiger partial charge in [0.05, 0.1) is 98.2 Å². The molecule has 0 N–H and O–H groups in total. The number of nitrogens with zero attached hydrogens (tertiary/aromatic N) is 5. The van der Waals surface area contributed by atoms with Gasteiger partial charge in [-0.3, -0.25) is 0 Å². The van der Waals surface area contributed by atoms with E-state index in [1.165, 1.54) is 0 Å². The topological polar surface area (TPSA) is 149 Å². The number of unbranched alkanes of at least 4 members (excludes halogenated alkanes) is 1. The molecular weight excluding hydrogens is 654 g/mol. The zero-order valence-corrected chi connectivity index (χ0v) is 31.0. The molecule has 1 unspecified atom stereocenters. The fourth-order valence-corrected chi connectivity index (χ4v) is 4.92. The summed E-state index contributed by atoms with van der Waals surface area (Å²) in [6, 6.07) is 12.3. The molecule has 13 nitrogen and oxygen atoms in total. The van der Waals surface area contributed by atoms with Crippen LogP contribution in [0.15, 0.2) is 51.7 Å². The van der Waals surface area contributed by atoms with Crippen LogP contribution in [0.1, 0.15) is 38.7 Å². The van der Waals surface area contributed by atoms with Crippen LogP contribution in [-0.2, 0) is 37.9 Å². The van der Waals surface area contributed by atoms with Gasteiger partial charge in [-0.25, -0.2) is 9.98 Å². The minimum Gasteiger partial charge on any atom is -0.382 e. The van der Waals surface area contributed by atoms with Gasteiger partial charge >= 0.3 is 0 Å². The summed E-state index contributed by atoms with van der Waals surface area (Å²) in [5.74, 6) is -0.0653. The van der Waals surface area contributed by atoms with Gasteiger partial charge in [0.15, 0.2) is 11.4 Å². The maximum absolute atomic E-state index is 9.66. The van der Waals surface area contributed by atoms with Crippen molar-refractivity contribution in [3.05, 3.63) is 47.3 Å². The van der Waals surface area contributed by atoms with Crippen LogP contribution in [-0.4, -0.2) is 131 Å². The number of methoxy groups -OCH3 is 2. The third kappa shape index (κ3) is 19.1. The molecule has 0 aromatic heterocycles. The van der Waals surface area contributed by atoms with Crippen molar-refractivity contribution in [2.24, 2.45) is 15.9 Å². The van der Waals surface area contributed by atoms with E-state index in [0.29, 0.717) is 106 Å². The third-order valence-corrected chi connectivity index (χ3v) is 7.74. The maximum Gasteiger partial charge on any atom is 0.177 e. The van der Waals surface area contributed by atoms with E-state index < -0.39 is 0 Å². The highest BCUT2D eigenvalue weighted by atomic mass is 16.6. The molecule has 0 amide bonds. The first kappa shape index (κ1) is 43.7. The average molecular weight is 712 g/mol. The standard InChI is InChI=1S/C38H57N5O8/c1-5-6-7-35-32(2)41-37(30-39)38(31-40)42-36(35)13-10-33-8-11-34(12-9-33)43(14-16-46-22-24-50-28-26-48-20-18-44-3)15-17-47-23-25-51-29-27-49-21-19-45-4/h8-13,35H,5-7,14-29H2,1-4H3/b13-10+. The van der Waals surface area contributed by atoms with E-state index in [1.54, 1.807) is 14.2 Å². The van der Waals surface area contributed by atoms with Crippen LogP contribution in [0.3, 0.4) is 0 Å². The quantitative estimate of drug-likeness (QED) is 0.101. The molecule has 1 aliphatic heterocycles. The van der Waals surface area contributed by atoms with Gasteiger partial charge in [-0.2, -0.15) is 10.5 Å². The number of hydrogen-bond acceptors (Lipinski definition) is 13. The van der Waals surface area contributed by atoms with Crippen molar-refractivity contribution in [2.45, 2.75) is 33.1 Å². The number of nitriles is 2. The highest BCUT2D eigenvalue weighted by Gasteiger charge is 2.22. The molecule has 1 aliphatic rings. The second kappa shape index (κ2) is 29.1. The molecule has 51 heavy (non-hydrogen) atoms. The number of aliphatic imine (C=N–C) groups is 2. The first-order valence-electron chi connectivity index (χ1n) is 17.7. The van der Waals surface area contributed by atoms with Crippen LogP contribution in [0, 0.1) is 28.6 Å². The van der Waals surface area contributed by atoms with Gasteiger partial charge in [-0.05, 0) is 37.1 Å². The molecule has 0 radical (unpaired) electrons. The monoisotopic (exact) mass is 711 g/mol. The Kier molecular flexibility index (Phi) is 24.9. The van der Waals surface area contributed by atoms with Crippen molar-refractivity contribution in [3.8, 4) is 12.1 Å². The molecule has 282 valence electrons. The van der Waals surface area contributed by atoms with Crippen LogP contribution < -0.4 is 4.90 Å². The zero-order chi connectivity index (χ0) is 36.8. The summed E-state index contributed by atoms with van der Waals surface area (Å²) in [6.45, 7) is 12.7. The van der Waals surface area contributed by atoms with Gasteiger partial charge in [-0.15, -0.1) is 0 Å². The molecule has 0 spiro atoms. The van der Waals surface area contributed by atoms with E-state index in [2.05, 4.69) is 33.9 Å². The Morgan fingerprint density at radius 2 is 1.10 bits per heavy atom. The molecule has 1 heterocycles. The van der Waals surface area contributed by atoms with Gasteiger partial charge in [-0.1, -0.05) is 38.0 Å². The molecule has 13 heteroatoms. The lowest BCUT2D eigenvalue weighted by molar-refractivity contribution is 0.00301. The van der Waals surface area contributed by atoms with E-state index in [4.69, 9.17) is 37.9 Å². The second-order valence-corrected chi connectivity index (χ2v) is 11.5. The summed E-state index contributed by atoms with van der Waals surface area (Å²) in [4.78, 5) is 11.3. The molecule has 2 rings (SSSR count). The summed E-state index contributed by atoms with van der Waals surface area (Å²) in [7, 11) is 3.29. The molecule has 0 saturated carbocycles. The molecule has 0 bridgehead atoms. The van der Waals surface area contributed by atoms with Crippen molar-refractivity contribution in [3.63, 3.8) is 0 Å². The number of allylic oxidation sites excluding steroid dienone is 3. The summed E-state index contributed by atoms with van der Waals surface area (Å²) in [6.07, 6.45) is 6.78. The Morgan fingerprint density at radius 3 is 1.55 bits per heavy atom. The van der Waals surface area contributed by atoms with Crippen molar-refractivity contribution in [1.82, 2.24) is 0 Å². The largest absolute Gasteiger partial charge is 0.382 e. The molecule has 0 saturated heterocycles. The smallest absolute Gasteiger partial charge is 0.177 e. The molecule has 0 aliphatic carbocycles. The minimum absolute atomic E-state index is 0.0444. The van der Waals surface area contributed by atoms with E-state index in [0.717, 1.165) is 41.9 Å². The lowest BCUT2D eigenvalue weighted by Gasteiger charge is -2.25. The van der Waals surface area contributed by atoms with Crippen molar-refractivity contribution >= 4 is 23.2 Å². The van der Waals surface area contributed by atoms with Crippen molar-refractivity contribution in [2.75, 3.05) is 125 Å². The Morgan fingerprint density at radius 1 is 0.647 bits per heavy atom. The predicted octanol–water partition coefficient (Wildman–Crippen LogP) is 4.88. The summed E-state index contributed by atoms with van der Waals surface area (Å²) >= 11 is 0. The number of rotatable bonds is 30. The highest BCUT2D eigenvalue weighted by molar-refractivity contribution is 6.14. The highest BCUT2D eigenvalue weighted by Crippen LogP contribution is 2.23. The predicted molar refractivity (Wildman–Crippen MR) is 198 cm³/mol. The number of anilines is 1. The maximum atomic E-state index is 9.66. The van der Waals surface area contributed by atoms with Crippen molar-refractivity contribution in [1.29, 1.82) is 10.5 Å². The third-order valence-electron chi connectivity index (χ3n) is 7.74. The van der Waals surface area contributed by atoms with Gasteiger partial charge in [0.25, 0.3) is 0 Å². The fourth-order valence-electron chi connectivity index (χ4n) is 4.92. The van der Waals surface area contributed by atoms with Gasteiger partial charge < -0.3 is 42.8 Å². The van der Waals surface area contributed by atoms with E-state index in [9.17, 15) is 10.5 Å². The van der Waals surface area contributed by atoms with Crippen LogP contribution >= 0.6 is 0 Å². The van der Waals surface area contributed by atoms with Crippen LogP contribution in [0.5, 0.6) is 0 Å². The zero-order valence-electron chi connectivity index (χ0n) is 31.0. The second-order valence-electron chi connectivity index (χ2n) is 11.5. The van der Waals surface area contributed by atoms with Gasteiger partial charge in [0.1, 0.15) is 12.1 Å². The Labute approximate surface area is 304 Å². The summed E-state index contributed by atoms with van der Waals surface area (Å²) in [5, 5.41) is 19.2. The van der Waals surface area contributed by atoms with E-state index in [-0.39, 0.29) is 17.3 Å². The van der Waals surface area contributed by atoms with Gasteiger partial charge in [0, 0.05) is 44.6 Å². The first-order chi connectivity index (χ1) is 25.1. The Bertz CT molecular complexity index is 1260. The first-order valence-corrected chi connectivity index (χ1v) is 17.7. The molecule has 1 aromatic carbocycles. The summed E-state index contributed by atoms with van der Waals surface area (Å²) < 4.78 is 43.7. The van der Waals surface area contributed by atoms with Crippen LogP contribution in [0.25, 0.3) is 6.08 Å². The SMILES string of the molecule is CCCCC1C(C)=NC(C#N)=C(C#N)N=C1/C=C/c1ccc(N(CCOCCOCCOCCOC)CCOCCOCCOCCOC)cc1. The molecule has 0 fully saturated rings. The minimum atomic E-state index is -0.0653. The average Bonchev–Trinajstić information content (AvgIpc) is 3.28. The summed E-state index contributed by atoms with van der Waals surface area (Å²) in [5.41, 5.74) is 3.65. The van der Waals surface area contributed by atoms with Crippen molar-refractivity contribution < 1.29 is 37.9 Å². The lowest BCUT2D eigenvalue weighted by atomic mass is 9.91. The normalized spacial score (nSPS) is 14.7. The molecule has 1 aromatic rings. The number of ether oxygens (including phenoxy) is 8. The fraction of sp³-hybridized carbons (Fsp3) is 0.632. The Balaban J connectivity index is 1.98. The number of benzene rings is 1. The number of hydrogen-bond donors (Lipinski definition) is 0. The lowest BCUT2D eigenvalue weighted by Crippen LogP contribution is -2.31.